The average Bonchev–Trinajstić information content (AvgIpc) is 3.19. The van der Waals surface area contributed by atoms with Gasteiger partial charge in [-0.2, -0.15) is 0 Å². The molecule has 1 N–H and O–H groups in total. The van der Waals surface area contributed by atoms with E-state index in [-0.39, 0.29) is 5.91 Å². The molecule has 2 aromatic carbocycles. The van der Waals surface area contributed by atoms with E-state index in [0.717, 1.165) is 35.7 Å². The molecule has 0 fully saturated rings. The molecule has 0 unspecified atom stereocenters. The molecule has 2 heterocycles. The number of carbonyl (C=O) groups is 1. The summed E-state index contributed by atoms with van der Waals surface area (Å²) >= 11 is 0. The fourth-order valence-corrected chi connectivity index (χ4v) is 4.41. The second-order valence-corrected chi connectivity index (χ2v) is 9.38. The van der Waals surface area contributed by atoms with E-state index in [4.69, 9.17) is 4.74 Å². The van der Waals surface area contributed by atoms with Gasteiger partial charge in [-0.1, -0.05) is 38.1 Å². The maximum atomic E-state index is 12.5. The zero-order valence-corrected chi connectivity index (χ0v) is 20.2. The summed E-state index contributed by atoms with van der Waals surface area (Å²) in [5.74, 6) is 1.50. The monoisotopic (exact) mass is 445 g/mol. The van der Waals surface area contributed by atoms with Crippen LogP contribution in [0.15, 0.2) is 54.6 Å². The molecule has 0 saturated heterocycles. The molecular weight excluding hydrogens is 410 g/mol. The van der Waals surface area contributed by atoms with Crippen LogP contribution in [0.3, 0.4) is 0 Å². The number of rotatable bonds is 9. The maximum absolute atomic E-state index is 12.5. The largest absolute Gasteiger partial charge is 0.488 e. The minimum atomic E-state index is 0.103. The Bertz CT molecular complexity index is 1100. The molecule has 3 aromatic rings. The third kappa shape index (κ3) is 5.31. The van der Waals surface area contributed by atoms with Gasteiger partial charge < -0.3 is 19.5 Å². The Labute approximate surface area is 197 Å². The van der Waals surface area contributed by atoms with Gasteiger partial charge >= 0.3 is 0 Å². The minimum absolute atomic E-state index is 0.103. The molecule has 5 heteroatoms. The van der Waals surface area contributed by atoms with Crippen molar-refractivity contribution < 1.29 is 9.53 Å². The molecule has 0 bridgehead atoms. The van der Waals surface area contributed by atoms with Crippen LogP contribution in [-0.2, 0) is 17.8 Å². The van der Waals surface area contributed by atoms with Gasteiger partial charge in [0, 0.05) is 35.5 Å². The van der Waals surface area contributed by atoms with Crippen molar-refractivity contribution in [2.24, 2.45) is 0 Å². The molecule has 1 aromatic heterocycles. The van der Waals surface area contributed by atoms with Gasteiger partial charge in [0.15, 0.2) is 0 Å². The summed E-state index contributed by atoms with van der Waals surface area (Å²) in [4.78, 5) is 14.6. The number of fused-ring (bicyclic) bond motifs is 3. The number of ether oxygens (including phenoxy) is 1. The second-order valence-electron chi connectivity index (χ2n) is 9.38. The van der Waals surface area contributed by atoms with Gasteiger partial charge in [0.05, 0.1) is 5.69 Å². The molecule has 0 spiro atoms. The number of aromatic nitrogens is 1. The summed E-state index contributed by atoms with van der Waals surface area (Å²) in [6.45, 7) is 6.66. The Balaban J connectivity index is 1.61. The van der Waals surface area contributed by atoms with Crippen LogP contribution in [0.5, 0.6) is 5.75 Å². The van der Waals surface area contributed by atoms with E-state index in [1.165, 1.54) is 16.8 Å². The first-order chi connectivity index (χ1) is 15.9. The summed E-state index contributed by atoms with van der Waals surface area (Å²) in [5.41, 5.74) is 7.03. The van der Waals surface area contributed by atoms with Crippen LogP contribution in [0.4, 0.5) is 0 Å². The number of para-hydroxylation sites is 1. The molecule has 174 valence electrons. The lowest BCUT2D eigenvalue weighted by Gasteiger charge is -2.21. The van der Waals surface area contributed by atoms with E-state index in [9.17, 15) is 4.79 Å². The minimum Gasteiger partial charge on any atom is -0.488 e. The van der Waals surface area contributed by atoms with Crippen LogP contribution in [0.2, 0.25) is 0 Å². The zero-order valence-electron chi connectivity index (χ0n) is 20.2. The average molecular weight is 446 g/mol. The molecule has 1 aliphatic heterocycles. The van der Waals surface area contributed by atoms with Gasteiger partial charge in [0.2, 0.25) is 5.91 Å². The van der Waals surface area contributed by atoms with Gasteiger partial charge in [-0.3, -0.25) is 4.79 Å². The maximum Gasteiger partial charge on any atom is 0.220 e. The van der Waals surface area contributed by atoms with Crippen molar-refractivity contribution in [3.05, 3.63) is 71.4 Å². The number of nitrogens with one attached hydrogen (secondary N) is 1. The van der Waals surface area contributed by atoms with Gasteiger partial charge in [-0.25, -0.2) is 0 Å². The standard InChI is InChI=1S/C28H35N3O2/c1-20(2)21-10-12-23(13-11-21)31-24(14-15-27(32)29-16-7-17-30(3)4)18-22-19-33-26-9-6-5-8-25(26)28(22)31/h5-6,8-13,18,20H,7,14-17,19H2,1-4H3,(H,29,32). The predicted molar refractivity (Wildman–Crippen MR) is 134 cm³/mol. The van der Waals surface area contributed by atoms with Crippen molar-refractivity contribution in [1.82, 2.24) is 14.8 Å². The molecule has 33 heavy (non-hydrogen) atoms. The molecule has 4 rings (SSSR count). The third-order valence-electron chi connectivity index (χ3n) is 6.21. The highest BCUT2D eigenvalue weighted by atomic mass is 16.5. The van der Waals surface area contributed by atoms with Crippen molar-refractivity contribution >= 4 is 5.91 Å². The molecule has 0 radical (unpaired) electrons. The van der Waals surface area contributed by atoms with Crippen molar-refractivity contribution in [3.63, 3.8) is 0 Å². The zero-order chi connectivity index (χ0) is 23.4. The van der Waals surface area contributed by atoms with Crippen LogP contribution in [-0.4, -0.2) is 42.6 Å². The Kier molecular flexibility index (Phi) is 7.19. The number of carbonyl (C=O) groups excluding carboxylic acids is 1. The molecule has 0 aliphatic carbocycles. The Morgan fingerprint density at radius 2 is 1.88 bits per heavy atom. The summed E-state index contributed by atoms with van der Waals surface area (Å²) in [7, 11) is 4.10. The summed E-state index contributed by atoms with van der Waals surface area (Å²) in [6, 6.07) is 19.2. The van der Waals surface area contributed by atoms with E-state index < -0.39 is 0 Å². The smallest absolute Gasteiger partial charge is 0.220 e. The van der Waals surface area contributed by atoms with Crippen LogP contribution < -0.4 is 10.1 Å². The van der Waals surface area contributed by atoms with Crippen LogP contribution in [0.1, 0.15) is 49.4 Å². The second kappa shape index (κ2) is 10.3. The van der Waals surface area contributed by atoms with E-state index in [1.807, 2.05) is 26.2 Å². The van der Waals surface area contributed by atoms with Crippen molar-refractivity contribution in [2.45, 2.75) is 45.6 Å². The highest BCUT2D eigenvalue weighted by molar-refractivity contribution is 5.77. The van der Waals surface area contributed by atoms with Crippen molar-refractivity contribution in [1.29, 1.82) is 0 Å². The third-order valence-corrected chi connectivity index (χ3v) is 6.21. The Hall–Kier alpha value is -3.05. The normalized spacial score (nSPS) is 12.4. The first-order valence-corrected chi connectivity index (χ1v) is 11.9. The highest BCUT2D eigenvalue weighted by Gasteiger charge is 2.25. The highest BCUT2D eigenvalue weighted by Crippen LogP contribution is 2.41. The quantitative estimate of drug-likeness (QED) is 0.463. The first kappa shape index (κ1) is 23.1. The Morgan fingerprint density at radius 1 is 1.12 bits per heavy atom. The van der Waals surface area contributed by atoms with Crippen LogP contribution in [0.25, 0.3) is 16.9 Å². The topological polar surface area (TPSA) is 46.5 Å². The van der Waals surface area contributed by atoms with E-state index in [2.05, 4.69) is 71.1 Å². The predicted octanol–water partition coefficient (Wildman–Crippen LogP) is 5.16. The van der Waals surface area contributed by atoms with E-state index in [1.54, 1.807) is 0 Å². The molecule has 1 amide bonds. The molecule has 5 nitrogen and oxygen atoms in total. The van der Waals surface area contributed by atoms with E-state index >= 15 is 0 Å². The lowest BCUT2D eigenvalue weighted by molar-refractivity contribution is -0.121. The van der Waals surface area contributed by atoms with Crippen molar-refractivity contribution in [2.75, 3.05) is 27.2 Å². The fourth-order valence-electron chi connectivity index (χ4n) is 4.41. The molecule has 0 atom stereocenters. The van der Waals surface area contributed by atoms with Crippen LogP contribution >= 0.6 is 0 Å². The summed E-state index contributed by atoms with van der Waals surface area (Å²) in [5, 5.41) is 3.07. The van der Waals surface area contributed by atoms with Crippen LogP contribution in [0, 0.1) is 0 Å². The van der Waals surface area contributed by atoms with Gasteiger partial charge in [-0.15, -0.1) is 0 Å². The molecule has 1 aliphatic rings. The first-order valence-electron chi connectivity index (χ1n) is 11.9. The number of aryl methyl sites for hydroxylation is 1. The van der Waals surface area contributed by atoms with Gasteiger partial charge in [0.1, 0.15) is 12.4 Å². The number of hydrogen-bond donors (Lipinski definition) is 1. The van der Waals surface area contributed by atoms with E-state index in [0.29, 0.717) is 31.9 Å². The lowest BCUT2D eigenvalue weighted by atomic mass is 10.0. The number of hydrogen-bond acceptors (Lipinski definition) is 3. The number of amides is 1. The number of nitrogens with zero attached hydrogens (tertiary/aromatic N) is 2. The molecule has 0 saturated carbocycles. The Morgan fingerprint density at radius 3 is 2.61 bits per heavy atom. The SMILES string of the molecule is CC(C)c1ccc(-n2c(CCC(=O)NCCCN(C)C)cc3c2-c2ccccc2OC3)cc1. The number of benzene rings is 2. The molecular formula is C28H35N3O2. The van der Waals surface area contributed by atoms with Gasteiger partial charge in [-0.05, 0) is 75.3 Å². The fraction of sp³-hybridized carbons (Fsp3) is 0.393. The van der Waals surface area contributed by atoms with Gasteiger partial charge in [0.25, 0.3) is 0 Å². The van der Waals surface area contributed by atoms with Crippen molar-refractivity contribution in [3.8, 4) is 22.7 Å². The lowest BCUT2D eigenvalue weighted by Crippen LogP contribution is -2.27. The summed E-state index contributed by atoms with van der Waals surface area (Å²) in [6.07, 6.45) is 2.11. The summed E-state index contributed by atoms with van der Waals surface area (Å²) < 4.78 is 8.34.